The number of benzene rings is 2. The molecule has 2 aromatic carbocycles. The Hall–Kier alpha value is -2.98. The molecule has 4 nitrogen and oxygen atoms in total. The van der Waals surface area contributed by atoms with Gasteiger partial charge in [0, 0.05) is 21.9 Å². The molecule has 170 valence electrons. The molecule has 6 bridgehead atoms. The number of nitrogens with zero attached hydrogens (tertiary/aromatic N) is 2. The minimum atomic E-state index is 0.437. The molecule has 0 aliphatic heterocycles. The second kappa shape index (κ2) is 6.37. The normalized spacial score (nSPS) is 41.2. The number of fused-ring (bicyclic) bond motifs is 20. The van der Waals surface area contributed by atoms with E-state index in [0.717, 1.165) is 35.2 Å². The van der Waals surface area contributed by atoms with Gasteiger partial charge in [-0.15, -0.1) is 0 Å². The summed E-state index contributed by atoms with van der Waals surface area (Å²) < 4.78 is 12.3. The van der Waals surface area contributed by atoms with Gasteiger partial charge in [0.1, 0.15) is 29.2 Å². The van der Waals surface area contributed by atoms with Gasteiger partial charge < -0.3 is 9.47 Å². The van der Waals surface area contributed by atoms with Gasteiger partial charge in [0.25, 0.3) is 0 Å². The molecule has 34 heavy (non-hydrogen) atoms. The Kier molecular flexibility index (Phi) is 3.62. The van der Waals surface area contributed by atoms with Gasteiger partial charge >= 0.3 is 0 Å². The van der Waals surface area contributed by atoms with Crippen molar-refractivity contribution in [1.29, 1.82) is 10.5 Å². The van der Waals surface area contributed by atoms with Crippen molar-refractivity contribution >= 4 is 10.8 Å². The summed E-state index contributed by atoms with van der Waals surface area (Å²) in [5.41, 5.74) is 4.55. The first-order valence-corrected chi connectivity index (χ1v) is 12.9. The summed E-state index contributed by atoms with van der Waals surface area (Å²) in [4.78, 5) is 0. The van der Waals surface area contributed by atoms with E-state index in [1.807, 2.05) is 14.2 Å². The first-order valence-electron chi connectivity index (χ1n) is 12.9. The third kappa shape index (κ3) is 1.92. The maximum absolute atomic E-state index is 9.68. The molecule has 0 heterocycles. The smallest absolute Gasteiger partial charge is 0.130 e. The monoisotopic (exact) mass is 448 g/mol. The lowest BCUT2D eigenvalue weighted by atomic mass is 9.59. The van der Waals surface area contributed by atoms with E-state index >= 15 is 0 Å². The SMILES string of the molecule is COc1c2c(c(OC)c3ccccc13)[C@@H]1C[C@H]2C2C1[C@@H]1C[C@H]2C2C1[C@@H]1CC[C@H]2C1=C(C#N)C#N. The summed E-state index contributed by atoms with van der Waals surface area (Å²) >= 11 is 0. The molecule has 0 aromatic heterocycles. The van der Waals surface area contributed by atoms with Crippen LogP contribution in [0.4, 0.5) is 0 Å². The third-order valence-corrected chi connectivity index (χ3v) is 11.2. The van der Waals surface area contributed by atoms with Crippen molar-refractivity contribution in [3.63, 3.8) is 0 Å². The van der Waals surface area contributed by atoms with Crippen molar-refractivity contribution in [2.45, 2.75) is 37.5 Å². The van der Waals surface area contributed by atoms with Crippen LogP contribution in [0.25, 0.3) is 10.8 Å². The van der Waals surface area contributed by atoms with Crippen LogP contribution in [0, 0.1) is 70.0 Å². The van der Waals surface area contributed by atoms with Gasteiger partial charge in [-0.1, -0.05) is 24.3 Å². The first-order chi connectivity index (χ1) is 16.7. The zero-order valence-electron chi connectivity index (χ0n) is 19.6. The van der Waals surface area contributed by atoms with E-state index in [1.165, 1.54) is 53.2 Å². The van der Waals surface area contributed by atoms with E-state index in [0.29, 0.717) is 41.1 Å². The average molecular weight is 449 g/mol. The quantitative estimate of drug-likeness (QED) is 0.421. The van der Waals surface area contributed by atoms with Crippen molar-refractivity contribution in [1.82, 2.24) is 0 Å². The zero-order chi connectivity index (χ0) is 22.9. The van der Waals surface area contributed by atoms with E-state index in [9.17, 15) is 10.5 Å². The Labute approximate surface area is 200 Å². The van der Waals surface area contributed by atoms with Crippen molar-refractivity contribution in [2.24, 2.45) is 47.3 Å². The van der Waals surface area contributed by atoms with Gasteiger partial charge in [0.15, 0.2) is 0 Å². The molecule has 6 aliphatic rings. The van der Waals surface area contributed by atoms with Gasteiger partial charge in [-0.3, -0.25) is 0 Å². The lowest BCUT2D eigenvalue weighted by molar-refractivity contribution is 0.0556. The second-order valence-electron chi connectivity index (χ2n) is 11.6. The largest absolute Gasteiger partial charge is 0.496 e. The van der Waals surface area contributed by atoms with E-state index in [4.69, 9.17) is 9.47 Å². The summed E-state index contributed by atoms with van der Waals surface area (Å²) in [5.74, 6) is 8.47. The van der Waals surface area contributed by atoms with Crippen LogP contribution in [0.3, 0.4) is 0 Å². The molecular formula is C30H28N2O2. The van der Waals surface area contributed by atoms with Gasteiger partial charge in [-0.25, -0.2) is 0 Å². The summed E-state index contributed by atoms with van der Waals surface area (Å²) in [5, 5.41) is 21.7. The molecule has 5 fully saturated rings. The number of methoxy groups -OCH3 is 2. The Morgan fingerprint density at radius 2 is 1.21 bits per heavy atom. The highest BCUT2D eigenvalue weighted by Crippen LogP contribution is 2.80. The molecule has 6 aliphatic carbocycles. The maximum Gasteiger partial charge on any atom is 0.130 e. The lowest BCUT2D eigenvalue weighted by Gasteiger charge is -2.45. The molecule has 0 spiro atoms. The number of hydrogen-bond donors (Lipinski definition) is 0. The van der Waals surface area contributed by atoms with Crippen LogP contribution < -0.4 is 9.47 Å². The highest BCUT2D eigenvalue weighted by molar-refractivity contribution is 5.97. The highest BCUT2D eigenvalue weighted by Gasteiger charge is 2.73. The fourth-order valence-corrected chi connectivity index (χ4v) is 10.9. The van der Waals surface area contributed by atoms with Crippen molar-refractivity contribution < 1.29 is 9.47 Å². The van der Waals surface area contributed by atoms with E-state index < -0.39 is 0 Å². The van der Waals surface area contributed by atoms with Crippen LogP contribution in [0.2, 0.25) is 0 Å². The summed E-state index contributed by atoms with van der Waals surface area (Å²) in [6.07, 6.45) is 4.95. The predicted octanol–water partition coefficient (Wildman–Crippen LogP) is 5.94. The van der Waals surface area contributed by atoms with Crippen molar-refractivity contribution in [3.05, 3.63) is 46.5 Å². The lowest BCUT2D eigenvalue weighted by Crippen LogP contribution is -2.40. The molecular weight excluding hydrogens is 420 g/mol. The van der Waals surface area contributed by atoms with E-state index in [1.54, 1.807) is 0 Å². The van der Waals surface area contributed by atoms with E-state index in [-0.39, 0.29) is 0 Å². The molecule has 10 atom stereocenters. The fraction of sp³-hybridized carbons (Fsp3) is 0.533. The number of rotatable bonds is 2. The maximum atomic E-state index is 9.68. The van der Waals surface area contributed by atoms with Crippen molar-refractivity contribution in [3.8, 4) is 23.6 Å². The summed E-state index contributed by atoms with van der Waals surface area (Å²) in [7, 11) is 3.65. The standard InChI is InChI=1S/C30H28N2O2/c1-33-29-14-5-3-4-6-15(14)30(34-2)28-21-10-20(27(28)29)25-18-9-19(26(21)25)24-17-8-7-16(23(18)24)22(17)13(11-31)12-32/h3-6,16-21,23-26H,7-10H2,1-2H3/t16-,17+,18-,19+,20-,21+,23?,24?,25?,26?. The minimum absolute atomic E-state index is 0.437. The van der Waals surface area contributed by atoms with E-state index in [2.05, 4.69) is 36.4 Å². The molecule has 0 radical (unpaired) electrons. The highest BCUT2D eigenvalue weighted by atomic mass is 16.5. The van der Waals surface area contributed by atoms with Crippen LogP contribution in [-0.4, -0.2) is 14.2 Å². The summed E-state index contributed by atoms with van der Waals surface area (Å²) in [6, 6.07) is 13.1. The molecule has 4 heteroatoms. The van der Waals surface area contributed by atoms with Crippen LogP contribution in [0.5, 0.6) is 11.5 Å². The van der Waals surface area contributed by atoms with Crippen LogP contribution in [0.1, 0.15) is 48.6 Å². The third-order valence-electron chi connectivity index (χ3n) is 11.2. The van der Waals surface area contributed by atoms with Crippen LogP contribution in [-0.2, 0) is 0 Å². The van der Waals surface area contributed by atoms with Crippen LogP contribution in [0.15, 0.2) is 35.4 Å². The molecule has 0 N–H and O–H groups in total. The number of allylic oxidation sites excluding steroid dienone is 2. The first kappa shape index (κ1) is 19.3. The number of ether oxygens (including phenoxy) is 2. The average Bonchev–Trinajstić information content (AvgIpc) is 3.69. The minimum Gasteiger partial charge on any atom is -0.496 e. The Morgan fingerprint density at radius 3 is 1.65 bits per heavy atom. The Morgan fingerprint density at radius 1 is 0.735 bits per heavy atom. The molecule has 4 unspecified atom stereocenters. The predicted molar refractivity (Wildman–Crippen MR) is 127 cm³/mol. The Balaban J connectivity index is 1.30. The molecule has 5 saturated carbocycles. The molecule has 8 rings (SSSR count). The van der Waals surface area contributed by atoms with Gasteiger partial charge in [-0.05, 0) is 90.4 Å². The van der Waals surface area contributed by atoms with Gasteiger partial charge in [0.2, 0.25) is 0 Å². The van der Waals surface area contributed by atoms with Gasteiger partial charge in [0.05, 0.1) is 14.2 Å². The van der Waals surface area contributed by atoms with Crippen LogP contribution >= 0.6 is 0 Å². The molecule has 2 aromatic rings. The molecule has 0 amide bonds. The second-order valence-corrected chi connectivity index (χ2v) is 11.6. The fourth-order valence-electron chi connectivity index (χ4n) is 10.9. The Bertz CT molecular complexity index is 1290. The topological polar surface area (TPSA) is 66.0 Å². The summed E-state index contributed by atoms with van der Waals surface area (Å²) in [6.45, 7) is 0. The number of nitriles is 2. The van der Waals surface area contributed by atoms with Crippen molar-refractivity contribution in [2.75, 3.05) is 14.2 Å². The molecule has 0 saturated heterocycles. The zero-order valence-corrected chi connectivity index (χ0v) is 19.6. The van der Waals surface area contributed by atoms with Gasteiger partial charge in [-0.2, -0.15) is 10.5 Å². The number of hydrogen-bond acceptors (Lipinski definition) is 4.